The molecule has 3 rings (SSSR count). The Hall–Kier alpha value is -2.89. The molecule has 1 saturated heterocycles. The molecule has 0 aliphatic carbocycles. The fourth-order valence-corrected chi connectivity index (χ4v) is 2.80. The van der Waals surface area contributed by atoms with Crippen LogP contribution in [-0.2, 0) is 4.79 Å². The maximum absolute atomic E-state index is 12.6. The topological polar surface area (TPSA) is 65.5 Å². The third-order valence-electron chi connectivity index (χ3n) is 4.23. The molecular weight excluding hydrogens is 316 g/mol. The number of amides is 3. The summed E-state index contributed by atoms with van der Waals surface area (Å²) in [5, 5.41) is 2.70. The highest BCUT2D eigenvalue weighted by atomic mass is 16.2. The largest absolute Gasteiger partial charge is 0.325 e. The molecule has 1 aromatic carbocycles. The molecule has 1 aliphatic rings. The average Bonchev–Trinajstić information content (AvgIpc) is 2.96. The Morgan fingerprint density at radius 3 is 2.56 bits per heavy atom. The number of nitrogens with zero attached hydrogens (tertiary/aromatic N) is 3. The van der Waals surface area contributed by atoms with E-state index in [-0.39, 0.29) is 18.5 Å². The molecule has 6 heteroatoms. The van der Waals surface area contributed by atoms with E-state index in [0.717, 1.165) is 5.69 Å². The number of carbonyl (C=O) groups is 2. The van der Waals surface area contributed by atoms with E-state index < -0.39 is 0 Å². The quantitative estimate of drug-likeness (QED) is 0.911. The van der Waals surface area contributed by atoms with Crippen molar-refractivity contribution in [1.82, 2.24) is 9.88 Å². The van der Waals surface area contributed by atoms with Gasteiger partial charge in [-0.2, -0.15) is 0 Å². The average molecular weight is 338 g/mol. The first kappa shape index (κ1) is 17.0. The molecule has 0 unspecified atom stereocenters. The molecule has 0 bridgehead atoms. The second-order valence-corrected chi connectivity index (χ2v) is 6.37. The molecule has 6 nitrogen and oxygen atoms in total. The van der Waals surface area contributed by atoms with Crippen LogP contribution in [0.25, 0.3) is 0 Å². The molecule has 0 atom stereocenters. The minimum Gasteiger partial charge on any atom is -0.313 e. The van der Waals surface area contributed by atoms with Crippen LogP contribution in [0, 0.1) is 0 Å². The van der Waals surface area contributed by atoms with Gasteiger partial charge in [0.1, 0.15) is 12.4 Å². The number of pyridine rings is 1. The van der Waals surface area contributed by atoms with Crippen molar-refractivity contribution in [2.45, 2.75) is 19.8 Å². The van der Waals surface area contributed by atoms with Crippen LogP contribution in [0.1, 0.15) is 25.3 Å². The first-order valence-electron chi connectivity index (χ1n) is 8.42. The van der Waals surface area contributed by atoms with Gasteiger partial charge in [-0.15, -0.1) is 0 Å². The summed E-state index contributed by atoms with van der Waals surface area (Å²) in [5.41, 5.74) is 2.10. The van der Waals surface area contributed by atoms with Crippen LogP contribution in [0.2, 0.25) is 0 Å². The van der Waals surface area contributed by atoms with Crippen molar-refractivity contribution < 1.29 is 9.59 Å². The zero-order valence-corrected chi connectivity index (χ0v) is 14.5. The Balaban J connectivity index is 1.60. The highest BCUT2D eigenvalue weighted by Gasteiger charge is 2.30. The highest BCUT2D eigenvalue weighted by molar-refractivity contribution is 5.99. The second-order valence-electron chi connectivity index (χ2n) is 6.37. The van der Waals surface area contributed by atoms with Crippen LogP contribution in [0.5, 0.6) is 0 Å². The highest BCUT2D eigenvalue weighted by Crippen LogP contribution is 2.23. The summed E-state index contributed by atoms with van der Waals surface area (Å²) in [4.78, 5) is 32.0. The zero-order valence-electron chi connectivity index (χ0n) is 14.5. The van der Waals surface area contributed by atoms with Crippen LogP contribution >= 0.6 is 0 Å². The van der Waals surface area contributed by atoms with Crippen molar-refractivity contribution >= 4 is 23.4 Å². The monoisotopic (exact) mass is 338 g/mol. The second kappa shape index (κ2) is 7.34. The Bertz CT molecular complexity index is 744. The number of hydrogen-bond donors (Lipinski definition) is 1. The summed E-state index contributed by atoms with van der Waals surface area (Å²) < 4.78 is 0. The molecule has 0 radical (unpaired) electrons. The van der Waals surface area contributed by atoms with Gasteiger partial charge in [0.05, 0.1) is 0 Å². The van der Waals surface area contributed by atoms with Gasteiger partial charge in [0.2, 0.25) is 5.91 Å². The van der Waals surface area contributed by atoms with Gasteiger partial charge in [0, 0.05) is 25.0 Å². The van der Waals surface area contributed by atoms with Crippen LogP contribution in [0.15, 0.2) is 48.7 Å². The predicted octanol–water partition coefficient (Wildman–Crippen LogP) is 3.09. The summed E-state index contributed by atoms with van der Waals surface area (Å²) in [6.45, 7) is 5.41. The summed E-state index contributed by atoms with van der Waals surface area (Å²) in [7, 11) is 0. The van der Waals surface area contributed by atoms with E-state index in [0.29, 0.717) is 24.8 Å². The summed E-state index contributed by atoms with van der Waals surface area (Å²) in [6.07, 6.45) is 1.61. The molecule has 0 spiro atoms. The lowest BCUT2D eigenvalue weighted by Gasteiger charge is -2.19. The van der Waals surface area contributed by atoms with E-state index in [9.17, 15) is 9.59 Å². The number of rotatable bonds is 5. The van der Waals surface area contributed by atoms with E-state index in [1.54, 1.807) is 34.2 Å². The van der Waals surface area contributed by atoms with Gasteiger partial charge in [0.15, 0.2) is 0 Å². The number of benzene rings is 1. The van der Waals surface area contributed by atoms with Crippen molar-refractivity contribution in [1.29, 1.82) is 0 Å². The standard InChI is InChI=1S/C19H22N4O2/c1-14(2)15-6-8-16(9-7-15)23-12-11-22(19(23)25)13-18(24)21-17-5-3-4-10-20-17/h3-10,14H,11-13H2,1-2H3,(H,20,21,24). The molecule has 1 aromatic heterocycles. The molecule has 1 N–H and O–H groups in total. The SMILES string of the molecule is CC(C)c1ccc(N2CCN(CC(=O)Nc3ccccn3)C2=O)cc1. The fraction of sp³-hybridized carbons (Fsp3) is 0.316. The zero-order chi connectivity index (χ0) is 17.8. The lowest BCUT2D eigenvalue weighted by molar-refractivity contribution is -0.116. The van der Waals surface area contributed by atoms with Gasteiger partial charge < -0.3 is 10.2 Å². The van der Waals surface area contributed by atoms with E-state index in [1.807, 2.05) is 24.3 Å². The summed E-state index contributed by atoms with van der Waals surface area (Å²) >= 11 is 0. The number of aromatic nitrogens is 1. The van der Waals surface area contributed by atoms with E-state index >= 15 is 0 Å². The normalized spacial score (nSPS) is 14.3. The first-order valence-corrected chi connectivity index (χ1v) is 8.42. The van der Waals surface area contributed by atoms with E-state index in [1.165, 1.54) is 5.56 Å². The minimum atomic E-state index is -0.246. The van der Waals surface area contributed by atoms with Gasteiger partial charge in [-0.25, -0.2) is 9.78 Å². The molecule has 2 aromatic rings. The molecule has 1 aliphatic heterocycles. The summed E-state index contributed by atoms with van der Waals surface area (Å²) in [6, 6.07) is 13.2. The number of nitrogens with one attached hydrogen (secondary N) is 1. The fourth-order valence-electron chi connectivity index (χ4n) is 2.80. The van der Waals surface area contributed by atoms with Crippen LogP contribution < -0.4 is 10.2 Å². The smallest absolute Gasteiger partial charge is 0.313 e. The Morgan fingerprint density at radius 2 is 1.92 bits per heavy atom. The number of hydrogen-bond acceptors (Lipinski definition) is 3. The maximum atomic E-state index is 12.6. The van der Waals surface area contributed by atoms with Crippen molar-refractivity contribution in [3.05, 3.63) is 54.2 Å². The number of carbonyl (C=O) groups excluding carboxylic acids is 2. The molecule has 130 valence electrons. The Kier molecular flexibility index (Phi) is 4.97. The first-order chi connectivity index (χ1) is 12.0. The lowest BCUT2D eigenvalue weighted by atomic mass is 10.0. The number of anilines is 2. The van der Waals surface area contributed by atoms with Crippen molar-refractivity contribution in [2.24, 2.45) is 0 Å². The van der Waals surface area contributed by atoms with E-state index in [2.05, 4.69) is 24.1 Å². The van der Waals surface area contributed by atoms with Crippen molar-refractivity contribution in [2.75, 3.05) is 29.9 Å². The Morgan fingerprint density at radius 1 is 1.16 bits per heavy atom. The van der Waals surface area contributed by atoms with Crippen molar-refractivity contribution in [3.8, 4) is 0 Å². The third kappa shape index (κ3) is 3.96. The molecular formula is C19H22N4O2. The van der Waals surface area contributed by atoms with Crippen LogP contribution in [-0.4, -0.2) is 41.5 Å². The molecule has 3 amide bonds. The van der Waals surface area contributed by atoms with Gasteiger partial charge in [-0.1, -0.05) is 32.0 Å². The van der Waals surface area contributed by atoms with Crippen LogP contribution in [0.4, 0.5) is 16.3 Å². The van der Waals surface area contributed by atoms with Gasteiger partial charge in [-0.3, -0.25) is 9.69 Å². The van der Waals surface area contributed by atoms with Gasteiger partial charge in [-0.05, 0) is 35.7 Å². The minimum absolute atomic E-state index is 0.0238. The molecule has 25 heavy (non-hydrogen) atoms. The maximum Gasteiger partial charge on any atom is 0.325 e. The lowest BCUT2D eigenvalue weighted by Crippen LogP contribution is -2.37. The summed E-state index contributed by atoms with van der Waals surface area (Å²) in [5.74, 6) is 0.694. The third-order valence-corrected chi connectivity index (χ3v) is 4.23. The van der Waals surface area contributed by atoms with Crippen LogP contribution in [0.3, 0.4) is 0 Å². The van der Waals surface area contributed by atoms with Crippen molar-refractivity contribution in [3.63, 3.8) is 0 Å². The van der Waals surface area contributed by atoms with Gasteiger partial charge >= 0.3 is 6.03 Å². The van der Waals surface area contributed by atoms with E-state index in [4.69, 9.17) is 0 Å². The predicted molar refractivity (Wildman–Crippen MR) is 97.7 cm³/mol. The molecule has 0 saturated carbocycles. The van der Waals surface area contributed by atoms with Gasteiger partial charge in [0.25, 0.3) is 0 Å². The molecule has 1 fully saturated rings. The Labute approximate surface area is 147 Å². The molecule has 2 heterocycles. The number of urea groups is 1.